The summed E-state index contributed by atoms with van der Waals surface area (Å²) in [5, 5.41) is 0. The van der Waals surface area contributed by atoms with E-state index in [9.17, 15) is 8.42 Å². The average molecular weight is 256 g/mol. The zero-order chi connectivity index (χ0) is 12.9. The number of hydrogen-bond donors (Lipinski definition) is 1. The van der Waals surface area contributed by atoms with E-state index in [4.69, 9.17) is 5.73 Å². The highest BCUT2D eigenvalue weighted by Crippen LogP contribution is 2.14. The minimum atomic E-state index is -3.24. The van der Waals surface area contributed by atoms with Crippen LogP contribution in [0, 0.1) is 0 Å². The third-order valence-corrected chi connectivity index (χ3v) is 4.22. The van der Waals surface area contributed by atoms with Crippen LogP contribution >= 0.6 is 0 Å². The molecule has 0 aliphatic rings. The van der Waals surface area contributed by atoms with Crippen molar-refractivity contribution >= 4 is 9.84 Å². The summed E-state index contributed by atoms with van der Waals surface area (Å²) in [6, 6.07) is 1.61. The molecule has 1 aromatic rings. The molecule has 0 aromatic carbocycles. The molecule has 5 heteroatoms. The van der Waals surface area contributed by atoms with E-state index in [-0.39, 0.29) is 11.8 Å². The van der Waals surface area contributed by atoms with Gasteiger partial charge in [0.25, 0.3) is 0 Å². The fourth-order valence-electron chi connectivity index (χ4n) is 1.52. The molecular formula is C12H20N2O2S. The lowest BCUT2D eigenvalue weighted by Gasteiger charge is -2.07. The van der Waals surface area contributed by atoms with Crippen LogP contribution in [0.1, 0.15) is 32.3 Å². The van der Waals surface area contributed by atoms with Crippen LogP contribution in [0.25, 0.3) is 0 Å². The van der Waals surface area contributed by atoms with E-state index in [1.807, 2.05) is 0 Å². The minimum Gasteiger partial charge on any atom is -0.328 e. The molecule has 0 fully saturated rings. The predicted octanol–water partition coefficient (Wildman–Crippen LogP) is 1.55. The maximum atomic E-state index is 12.0. The Bertz CT molecular complexity index is 455. The fraction of sp³-hybridized carbons (Fsp3) is 0.583. The number of nitrogens with zero attached hydrogens (tertiary/aromatic N) is 1. The topological polar surface area (TPSA) is 73.0 Å². The smallest absolute Gasteiger partial charge is 0.179 e. The molecule has 4 nitrogen and oxygen atoms in total. The lowest BCUT2D eigenvalue weighted by atomic mass is 10.2. The van der Waals surface area contributed by atoms with Crippen LogP contribution in [0.5, 0.6) is 0 Å². The highest BCUT2D eigenvalue weighted by atomic mass is 32.2. The van der Waals surface area contributed by atoms with Gasteiger partial charge in [-0.05, 0) is 31.4 Å². The molecule has 1 heterocycles. The van der Waals surface area contributed by atoms with E-state index >= 15 is 0 Å². The molecule has 96 valence electrons. The Labute approximate surface area is 103 Å². The second-order valence-electron chi connectivity index (χ2n) is 4.36. The molecule has 17 heavy (non-hydrogen) atoms. The molecule has 0 spiro atoms. The molecule has 0 saturated heterocycles. The van der Waals surface area contributed by atoms with Crippen LogP contribution in [-0.2, 0) is 16.3 Å². The maximum absolute atomic E-state index is 12.0. The van der Waals surface area contributed by atoms with Gasteiger partial charge < -0.3 is 5.73 Å². The van der Waals surface area contributed by atoms with Gasteiger partial charge in [0.05, 0.1) is 10.6 Å². The van der Waals surface area contributed by atoms with Crippen molar-refractivity contribution in [2.45, 2.75) is 44.0 Å². The summed E-state index contributed by atoms with van der Waals surface area (Å²) in [5.41, 5.74) is 6.54. The van der Waals surface area contributed by atoms with E-state index in [0.717, 1.165) is 18.4 Å². The lowest BCUT2D eigenvalue weighted by Crippen LogP contribution is -2.20. The molecule has 0 radical (unpaired) electrons. The summed E-state index contributed by atoms with van der Waals surface area (Å²) in [5.74, 6) is 0.0852. The van der Waals surface area contributed by atoms with E-state index in [0.29, 0.717) is 11.3 Å². The average Bonchev–Trinajstić information content (AvgIpc) is 2.27. The van der Waals surface area contributed by atoms with Crippen molar-refractivity contribution in [2.24, 2.45) is 5.73 Å². The zero-order valence-corrected chi connectivity index (χ0v) is 11.2. The lowest BCUT2D eigenvalue weighted by molar-refractivity contribution is 0.587. The van der Waals surface area contributed by atoms with Gasteiger partial charge in [0.1, 0.15) is 0 Å². The molecule has 0 aliphatic heterocycles. The number of aryl methyl sites for hydroxylation is 1. The van der Waals surface area contributed by atoms with Crippen LogP contribution in [-0.4, -0.2) is 25.2 Å². The fourth-order valence-corrected chi connectivity index (χ4v) is 2.99. The summed E-state index contributed by atoms with van der Waals surface area (Å²) in [7, 11) is -3.24. The van der Waals surface area contributed by atoms with Crippen molar-refractivity contribution in [3.05, 3.63) is 24.0 Å². The molecule has 0 bridgehead atoms. The third-order valence-electron chi connectivity index (χ3n) is 2.51. The van der Waals surface area contributed by atoms with Crippen molar-refractivity contribution < 1.29 is 8.42 Å². The Morgan fingerprint density at radius 2 is 2.12 bits per heavy atom. The van der Waals surface area contributed by atoms with Crippen molar-refractivity contribution in [2.75, 3.05) is 5.75 Å². The third kappa shape index (κ3) is 4.44. The number of pyridine rings is 1. The first-order chi connectivity index (χ1) is 7.95. The highest BCUT2D eigenvalue weighted by molar-refractivity contribution is 7.91. The van der Waals surface area contributed by atoms with Crippen molar-refractivity contribution in [3.63, 3.8) is 0 Å². The molecule has 1 unspecified atom stereocenters. The van der Waals surface area contributed by atoms with Gasteiger partial charge in [0.15, 0.2) is 9.84 Å². The first kappa shape index (κ1) is 14.1. The Hall–Kier alpha value is -0.940. The second-order valence-corrected chi connectivity index (χ2v) is 6.47. The summed E-state index contributed by atoms with van der Waals surface area (Å²) in [4.78, 5) is 4.30. The van der Waals surface area contributed by atoms with Gasteiger partial charge in [-0.15, -0.1) is 0 Å². The normalized spacial score (nSPS) is 13.6. The minimum absolute atomic E-state index is 0.0852. The van der Waals surface area contributed by atoms with Crippen LogP contribution in [0.2, 0.25) is 0 Å². The Kier molecular flexibility index (Phi) is 5.08. The summed E-state index contributed by atoms with van der Waals surface area (Å²) >= 11 is 0. The molecule has 0 aliphatic carbocycles. The van der Waals surface area contributed by atoms with E-state index in [1.165, 1.54) is 6.20 Å². The van der Waals surface area contributed by atoms with Crippen LogP contribution in [0.3, 0.4) is 0 Å². The van der Waals surface area contributed by atoms with Gasteiger partial charge >= 0.3 is 0 Å². The number of nitrogens with two attached hydrogens (primary N) is 1. The molecule has 0 amide bonds. The number of hydrogen-bond acceptors (Lipinski definition) is 4. The SMILES string of the molecule is CCCc1cncc(S(=O)(=O)CCC(C)N)c1. The molecule has 0 saturated carbocycles. The van der Waals surface area contributed by atoms with Gasteiger partial charge in [-0.25, -0.2) is 8.42 Å². The molecule has 2 N–H and O–H groups in total. The number of aromatic nitrogens is 1. The van der Waals surface area contributed by atoms with Crippen molar-refractivity contribution in [1.82, 2.24) is 4.98 Å². The monoisotopic (exact) mass is 256 g/mol. The van der Waals surface area contributed by atoms with Gasteiger partial charge in [-0.2, -0.15) is 0 Å². The van der Waals surface area contributed by atoms with E-state index < -0.39 is 9.84 Å². The van der Waals surface area contributed by atoms with Crippen LogP contribution < -0.4 is 5.73 Å². The van der Waals surface area contributed by atoms with Crippen molar-refractivity contribution in [1.29, 1.82) is 0 Å². The first-order valence-electron chi connectivity index (χ1n) is 5.88. The Balaban J connectivity index is 2.87. The van der Waals surface area contributed by atoms with Crippen LogP contribution in [0.4, 0.5) is 0 Å². The molecule has 1 atom stereocenters. The Morgan fingerprint density at radius 1 is 1.41 bits per heavy atom. The summed E-state index contributed by atoms with van der Waals surface area (Å²) in [6.45, 7) is 3.86. The standard InChI is InChI=1S/C12H20N2O2S/c1-3-4-11-7-12(9-14-8-11)17(15,16)6-5-10(2)13/h7-10H,3-6,13H2,1-2H3. The largest absolute Gasteiger partial charge is 0.328 e. The number of sulfone groups is 1. The van der Waals surface area contributed by atoms with E-state index in [2.05, 4.69) is 11.9 Å². The van der Waals surface area contributed by atoms with Gasteiger partial charge in [-0.1, -0.05) is 13.3 Å². The zero-order valence-electron chi connectivity index (χ0n) is 10.4. The Morgan fingerprint density at radius 3 is 2.71 bits per heavy atom. The van der Waals surface area contributed by atoms with Gasteiger partial charge in [0.2, 0.25) is 0 Å². The molecule has 1 aromatic heterocycles. The summed E-state index contributed by atoms with van der Waals surface area (Å²) < 4.78 is 24.0. The maximum Gasteiger partial charge on any atom is 0.179 e. The van der Waals surface area contributed by atoms with Gasteiger partial charge in [0, 0.05) is 18.4 Å². The quantitative estimate of drug-likeness (QED) is 0.838. The number of rotatable bonds is 6. The second kappa shape index (κ2) is 6.12. The molecule has 1 rings (SSSR count). The summed E-state index contributed by atoms with van der Waals surface area (Å²) in [6.07, 6.45) is 5.43. The predicted molar refractivity (Wildman–Crippen MR) is 68.6 cm³/mol. The van der Waals surface area contributed by atoms with Gasteiger partial charge in [-0.3, -0.25) is 4.98 Å². The highest BCUT2D eigenvalue weighted by Gasteiger charge is 2.15. The first-order valence-corrected chi connectivity index (χ1v) is 7.53. The van der Waals surface area contributed by atoms with Crippen molar-refractivity contribution in [3.8, 4) is 0 Å². The van der Waals surface area contributed by atoms with Crippen LogP contribution in [0.15, 0.2) is 23.4 Å². The molecular weight excluding hydrogens is 236 g/mol. The van der Waals surface area contributed by atoms with E-state index in [1.54, 1.807) is 19.2 Å².